The number of pyridine rings is 1. The van der Waals surface area contributed by atoms with E-state index in [0.29, 0.717) is 24.5 Å². The molecule has 1 N–H and O–H groups in total. The molecule has 2 fully saturated rings. The van der Waals surface area contributed by atoms with Gasteiger partial charge in [-0.05, 0) is 55.0 Å². The zero-order chi connectivity index (χ0) is 19.1. The number of carbonyl (C=O) groups excluding carboxylic acids is 1. The second-order valence-electron chi connectivity index (χ2n) is 7.59. The fourth-order valence-corrected chi connectivity index (χ4v) is 5.44. The molecular formula is C20H23N3O3S. The lowest BCUT2D eigenvalue weighted by Gasteiger charge is -2.17. The first-order valence-corrected chi connectivity index (χ1v) is 10.6. The van der Waals surface area contributed by atoms with Crippen LogP contribution >= 0.6 is 0 Å². The molecule has 2 heterocycles. The van der Waals surface area contributed by atoms with E-state index in [1.807, 2.05) is 31.2 Å². The van der Waals surface area contributed by atoms with Crippen LogP contribution in [-0.2, 0) is 21.4 Å². The number of nitrogens with zero attached hydrogens (tertiary/aromatic N) is 2. The summed E-state index contributed by atoms with van der Waals surface area (Å²) in [5, 5.41) is 2.97. The van der Waals surface area contributed by atoms with Crippen molar-refractivity contribution in [2.24, 2.45) is 11.3 Å². The van der Waals surface area contributed by atoms with Crippen molar-refractivity contribution in [1.82, 2.24) is 14.6 Å². The van der Waals surface area contributed by atoms with Gasteiger partial charge in [-0.25, -0.2) is 8.42 Å². The molecule has 0 bridgehead atoms. The molecule has 4 rings (SSSR count). The summed E-state index contributed by atoms with van der Waals surface area (Å²) in [7, 11) is -3.50. The van der Waals surface area contributed by atoms with E-state index in [1.165, 1.54) is 4.31 Å². The van der Waals surface area contributed by atoms with Gasteiger partial charge < -0.3 is 5.32 Å². The average Bonchev–Trinajstić information content (AvgIpc) is 3.20. The van der Waals surface area contributed by atoms with Crippen LogP contribution in [0.2, 0.25) is 0 Å². The van der Waals surface area contributed by atoms with Crippen LogP contribution in [0.5, 0.6) is 0 Å². The molecule has 7 heteroatoms. The van der Waals surface area contributed by atoms with Gasteiger partial charge in [0.15, 0.2) is 0 Å². The van der Waals surface area contributed by atoms with Crippen LogP contribution in [0, 0.1) is 18.3 Å². The predicted molar refractivity (Wildman–Crippen MR) is 101 cm³/mol. The molecule has 6 nitrogen and oxygen atoms in total. The molecule has 0 unspecified atom stereocenters. The molecule has 1 aromatic carbocycles. The third-order valence-corrected chi connectivity index (χ3v) is 7.59. The molecule has 1 saturated carbocycles. The number of rotatable bonds is 5. The van der Waals surface area contributed by atoms with Crippen LogP contribution in [0.1, 0.15) is 24.0 Å². The van der Waals surface area contributed by atoms with Crippen molar-refractivity contribution in [2.75, 3.05) is 13.1 Å². The Morgan fingerprint density at radius 1 is 1.22 bits per heavy atom. The van der Waals surface area contributed by atoms with E-state index < -0.39 is 10.0 Å². The van der Waals surface area contributed by atoms with Crippen LogP contribution < -0.4 is 5.32 Å². The van der Waals surface area contributed by atoms with Crippen LogP contribution in [-0.4, -0.2) is 36.7 Å². The third-order valence-electron chi connectivity index (χ3n) is 5.73. The van der Waals surface area contributed by atoms with Crippen LogP contribution in [0.15, 0.2) is 53.7 Å². The molecule has 2 atom stereocenters. The summed E-state index contributed by atoms with van der Waals surface area (Å²) in [6, 6.07) is 10.7. The van der Waals surface area contributed by atoms with Crippen molar-refractivity contribution in [1.29, 1.82) is 0 Å². The highest BCUT2D eigenvalue weighted by Crippen LogP contribution is 2.59. The number of sulfonamides is 1. The van der Waals surface area contributed by atoms with Gasteiger partial charge in [-0.1, -0.05) is 17.7 Å². The van der Waals surface area contributed by atoms with Crippen LogP contribution in [0.25, 0.3) is 0 Å². The Morgan fingerprint density at radius 3 is 2.63 bits per heavy atom. The highest BCUT2D eigenvalue weighted by Gasteiger charge is 2.62. The number of hydrogen-bond acceptors (Lipinski definition) is 4. The van der Waals surface area contributed by atoms with E-state index in [-0.39, 0.29) is 17.2 Å². The maximum atomic E-state index is 12.9. The maximum Gasteiger partial charge on any atom is 0.243 e. The number of amides is 1. The standard InChI is InChI=1S/C20H23N3O3S/c1-15-2-4-17(5-3-15)27(25,26)23-11-8-20(14-23)12-18(20)19(24)22-13-16-6-9-21-10-7-16/h2-7,9-10,18H,8,11-14H2,1H3,(H,22,24)/t18-,20+/m0/s1. The summed E-state index contributed by atoms with van der Waals surface area (Å²) in [6.45, 7) is 3.31. The summed E-state index contributed by atoms with van der Waals surface area (Å²) in [5.74, 6) is -0.0843. The van der Waals surface area contributed by atoms with Crippen molar-refractivity contribution in [2.45, 2.75) is 31.2 Å². The van der Waals surface area contributed by atoms with Crippen LogP contribution in [0.4, 0.5) is 0 Å². The lowest BCUT2D eigenvalue weighted by molar-refractivity contribution is -0.123. The van der Waals surface area contributed by atoms with E-state index >= 15 is 0 Å². The summed E-state index contributed by atoms with van der Waals surface area (Å²) in [6.07, 6.45) is 4.90. The predicted octanol–water partition coefficient (Wildman–Crippen LogP) is 2.11. The number of aryl methyl sites for hydroxylation is 1. The molecule has 0 radical (unpaired) electrons. The fraction of sp³-hybridized carbons (Fsp3) is 0.400. The van der Waals surface area contributed by atoms with E-state index in [2.05, 4.69) is 10.3 Å². The minimum absolute atomic E-state index is 0.0152. The Bertz CT molecular complexity index is 944. The van der Waals surface area contributed by atoms with Gasteiger partial charge in [0.1, 0.15) is 0 Å². The second kappa shape index (κ2) is 6.73. The zero-order valence-corrected chi connectivity index (χ0v) is 16.1. The lowest BCUT2D eigenvalue weighted by atomic mass is 10.0. The Kier molecular flexibility index (Phi) is 4.52. The summed E-state index contributed by atoms with van der Waals surface area (Å²) < 4.78 is 27.3. The Morgan fingerprint density at radius 2 is 1.93 bits per heavy atom. The monoisotopic (exact) mass is 385 g/mol. The largest absolute Gasteiger partial charge is 0.352 e. The quantitative estimate of drug-likeness (QED) is 0.855. The Hall–Kier alpha value is -2.25. The summed E-state index contributed by atoms with van der Waals surface area (Å²) >= 11 is 0. The molecular weight excluding hydrogens is 362 g/mol. The van der Waals surface area contributed by atoms with Gasteiger partial charge in [0.2, 0.25) is 15.9 Å². The zero-order valence-electron chi connectivity index (χ0n) is 15.3. The maximum absolute atomic E-state index is 12.9. The van der Waals surface area contributed by atoms with Crippen LogP contribution in [0.3, 0.4) is 0 Å². The van der Waals surface area contributed by atoms with Gasteiger partial charge in [0.25, 0.3) is 0 Å². The van der Waals surface area contributed by atoms with E-state index in [4.69, 9.17) is 0 Å². The highest BCUT2D eigenvalue weighted by atomic mass is 32.2. The number of aromatic nitrogens is 1. The van der Waals surface area contributed by atoms with Gasteiger partial charge in [0.05, 0.1) is 4.90 Å². The molecule has 1 aliphatic carbocycles. The SMILES string of the molecule is Cc1ccc(S(=O)(=O)N2CC[C@@]3(C[C@H]3C(=O)NCc3ccncc3)C2)cc1. The molecule has 27 heavy (non-hydrogen) atoms. The normalized spacial score (nSPS) is 24.9. The minimum atomic E-state index is -3.50. The first-order chi connectivity index (χ1) is 12.9. The molecule has 1 aliphatic heterocycles. The molecule has 1 amide bonds. The van der Waals surface area contributed by atoms with Gasteiger partial charge in [-0.2, -0.15) is 4.31 Å². The van der Waals surface area contributed by atoms with Crippen molar-refractivity contribution >= 4 is 15.9 Å². The lowest BCUT2D eigenvalue weighted by Crippen LogP contribution is -2.31. The van der Waals surface area contributed by atoms with E-state index in [9.17, 15) is 13.2 Å². The van der Waals surface area contributed by atoms with E-state index in [0.717, 1.165) is 24.0 Å². The van der Waals surface area contributed by atoms with Gasteiger partial charge in [-0.3, -0.25) is 9.78 Å². The van der Waals surface area contributed by atoms with Crippen molar-refractivity contribution in [3.8, 4) is 0 Å². The molecule has 2 aromatic rings. The van der Waals surface area contributed by atoms with Crippen molar-refractivity contribution in [3.05, 3.63) is 59.9 Å². The minimum Gasteiger partial charge on any atom is -0.352 e. The molecule has 2 aliphatic rings. The number of benzene rings is 1. The van der Waals surface area contributed by atoms with E-state index in [1.54, 1.807) is 24.5 Å². The second-order valence-corrected chi connectivity index (χ2v) is 9.53. The number of nitrogens with one attached hydrogen (secondary N) is 1. The third kappa shape index (κ3) is 3.49. The molecule has 1 spiro atoms. The van der Waals surface area contributed by atoms with Gasteiger partial charge in [0, 0.05) is 37.9 Å². The number of carbonyl (C=O) groups is 1. The van der Waals surface area contributed by atoms with Crippen molar-refractivity contribution in [3.63, 3.8) is 0 Å². The topological polar surface area (TPSA) is 79.4 Å². The molecule has 1 aromatic heterocycles. The Labute approximate surface area is 159 Å². The number of hydrogen-bond donors (Lipinski definition) is 1. The Balaban J connectivity index is 1.38. The summed E-state index contributed by atoms with van der Waals surface area (Å²) in [4.78, 5) is 16.8. The average molecular weight is 385 g/mol. The molecule has 1 saturated heterocycles. The van der Waals surface area contributed by atoms with Gasteiger partial charge >= 0.3 is 0 Å². The van der Waals surface area contributed by atoms with Gasteiger partial charge in [-0.15, -0.1) is 0 Å². The first-order valence-electron chi connectivity index (χ1n) is 9.14. The smallest absolute Gasteiger partial charge is 0.243 e. The summed E-state index contributed by atoms with van der Waals surface area (Å²) in [5.41, 5.74) is 1.84. The van der Waals surface area contributed by atoms with Crippen molar-refractivity contribution < 1.29 is 13.2 Å². The molecule has 142 valence electrons. The first kappa shape index (κ1) is 18.1. The highest BCUT2D eigenvalue weighted by molar-refractivity contribution is 7.89. The fourth-order valence-electron chi connectivity index (χ4n) is 3.90.